The molecule has 106 valence electrons. The highest BCUT2D eigenvalue weighted by Gasteiger charge is 2.31. The lowest BCUT2D eigenvalue weighted by atomic mass is 9.92. The fourth-order valence-electron chi connectivity index (χ4n) is 2.89. The number of amidine groups is 1. The normalized spacial score (nSPS) is 30.5. The van der Waals surface area contributed by atoms with Crippen LogP contribution in [0, 0.1) is 0 Å². The Morgan fingerprint density at radius 2 is 2.16 bits per heavy atom. The van der Waals surface area contributed by atoms with Crippen molar-refractivity contribution in [3.63, 3.8) is 0 Å². The van der Waals surface area contributed by atoms with Crippen LogP contribution < -0.4 is 5.32 Å². The second-order valence-electron chi connectivity index (χ2n) is 5.32. The Bertz CT molecular complexity index is 369. The largest absolute Gasteiger partial charge is 0.378 e. The zero-order valence-electron chi connectivity index (χ0n) is 11.1. The van der Waals surface area contributed by atoms with E-state index in [0.29, 0.717) is 31.1 Å². The fraction of sp³-hybridized carbons (Fsp3) is 0.846. The number of amides is 1. The molecule has 1 saturated carbocycles. The molecule has 2 atom stereocenters. The summed E-state index contributed by atoms with van der Waals surface area (Å²) in [5, 5.41) is 4.44. The van der Waals surface area contributed by atoms with Gasteiger partial charge in [-0.2, -0.15) is 0 Å². The van der Waals surface area contributed by atoms with Gasteiger partial charge in [0.2, 0.25) is 5.91 Å². The minimum absolute atomic E-state index is 0.202. The first-order chi connectivity index (χ1) is 9.33. The maximum atomic E-state index is 12.0. The summed E-state index contributed by atoms with van der Waals surface area (Å²) in [6.07, 6.45) is 5.00. The minimum Gasteiger partial charge on any atom is -0.378 e. The summed E-state index contributed by atoms with van der Waals surface area (Å²) in [6.45, 7) is 2.79. The SMILES string of the molecule is O=C(CSC1=N[C@H]2CCCCC2N1)N1CCOCC1. The standard InChI is InChI=1S/C13H21N3O2S/c17-12(16-5-7-18-8-6-16)9-19-13-14-10-3-1-2-4-11(10)15-13/h10-11H,1-9H2,(H,14,15)/t10-,11?/m0/s1. The van der Waals surface area contributed by atoms with Crippen molar-refractivity contribution in [1.29, 1.82) is 0 Å². The van der Waals surface area contributed by atoms with E-state index in [9.17, 15) is 4.79 Å². The molecule has 1 aliphatic carbocycles. The number of nitrogens with zero attached hydrogens (tertiary/aromatic N) is 2. The first kappa shape index (κ1) is 13.2. The van der Waals surface area contributed by atoms with E-state index in [2.05, 4.69) is 5.32 Å². The molecule has 2 aliphatic heterocycles. The third-order valence-corrected chi connectivity index (χ3v) is 4.91. The molecule has 0 aromatic heterocycles. The maximum absolute atomic E-state index is 12.0. The van der Waals surface area contributed by atoms with Crippen molar-refractivity contribution in [3.05, 3.63) is 0 Å². The van der Waals surface area contributed by atoms with Gasteiger partial charge in [-0.1, -0.05) is 24.6 Å². The Morgan fingerprint density at radius 1 is 1.37 bits per heavy atom. The molecule has 2 fully saturated rings. The Labute approximate surface area is 118 Å². The molecule has 2 heterocycles. The second kappa shape index (κ2) is 6.13. The third-order valence-electron chi connectivity index (χ3n) is 4.02. The molecule has 0 radical (unpaired) electrons. The number of nitrogens with one attached hydrogen (secondary N) is 1. The fourth-order valence-corrected chi connectivity index (χ4v) is 3.78. The third kappa shape index (κ3) is 3.23. The summed E-state index contributed by atoms with van der Waals surface area (Å²) >= 11 is 1.56. The molecule has 1 amide bonds. The van der Waals surface area contributed by atoms with Crippen molar-refractivity contribution < 1.29 is 9.53 Å². The highest BCUT2D eigenvalue weighted by Crippen LogP contribution is 2.27. The summed E-state index contributed by atoms with van der Waals surface area (Å²) in [6, 6.07) is 0.976. The monoisotopic (exact) mass is 283 g/mol. The van der Waals surface area contributed by atoms with E-state index in [-0.39, 0.29) is 5.91 Å². The molecular formula is C13H21N3O2S. The molecule has 0 aromatic carbocycles. The lowest BCUT2D eigenvalue weighted by molar-refractivity contribution is -0.132. The van der Waals surface area contributed by atoms with Gasteiger partial charge in [-0.3, -0.25) is 9.79 Å². The van der Waals surface area contributed by atoms with Crippen molar-refractivity contribution in [2.45, 2.75) is 37.8 Å². The first-order valence-corrected chi connectivity index (χ1v) is 8.14. The summed E-state index contributed by atoms with van der Waals surface area (Å²) in [5.41, 5.74) is 0. The van der Waals surface area contributed by atoms with Crippen LogP contribution in [0.3, 0.4) is 0 Å². The molecule has 3 rings (SSSR count). The van der Waals surface area contributed by atoms with Crippen molar-refractivity contribution >= 4 is 22.8 Å². The van der Waals surface area contributed by atoms with E-state index in [0.717, 1.165) is 18.3 Å². The number of rotatable bonds is 2. The van der Waals surface area contributed by atoms with Crippen LogP contribution in [0.5, 0.6) is 0 Å². The minimum atomic E-state index is 0.202. The first-order valence-electron chi connectivity index (χ1n) is 7.15. The average Bonchev–Trinajstić information content (AvgIpc) is 2.88. The Hall–Kier alpha value is -0.750. The van der Waals surface area contributed by atoms with Gasteiger partial charge in [-0.15, -0.1) is 0 Å². The molecule has 1 unspecified atom stereocenters. The zero-order chi connectivity index (χ0) is 13.1. The van der Waals surface area contributed by atoms with Gasteiger partial charge < -0.3 is 15.0 Å². The number of carbonyl (C=O) groups is 1. The lowest BCUT2D eigenvalue weighted by Gasteiger charge is -2.26. The van der Waals surface area contributed by atoms with Crippen molar-refractivity contribution in [2.24, 2.45) is 4.99 Å². The van der Waals surface area contributed by atoms with E-state index < -0.39 is 0 Å². The van der Waals surface area contributed by atoms with Gasteiger partial charge in [-0.05, 0) is 12.8 Å². The topological polar surface area (TPSA) is 53.9 Å². The van der Waals surface area contributed by atoms with Crippen LogP contribution in [0.25, 0.3) is 0 Å². The Morgan fingerprint density at radius 3 is 2.95 bits per heavy atom. The van der Waals surface area contributed by atoms with Crippen molar-refractivity contribution in [2.75, 3.05) is 32.1 Å². The average molecular weight is 283 g/mol. The number of hydrogen-bond donors (Lipinski definition) is 1. The number of hydrogen-bond acceptors (Lipinski definition) is 5. The molecule has 0 spiro atoms. The predicted molar refractivity (Wildman–Crippen MR) is 76.5 cm³/mol. The number of carbonyl (C=O) groups excluding carboxylic acids is 1. The highest BCUT2D eigenvalue weighted by atomic mass is 32.2. The molecule has 19 heavy (non-hydrogen) atoms. The van der Waals surface area contributed by atoms with Gasteiger partial charge >= 0.3 is 0 Å². The van der Waals surface area contributed by atoms with Crippen LogP contribution >= 0.6 is 11.8 Å². The smallest absolute Gasteiger partial charge is 0.233 e. The quantitative estimate of drug-likeness (QED) is 0.816. The molecule has 0 aromatic rings. The van der Waals surface area contributed by atoms with Gasteiger partial charge in [0.1, 0.15) is 0 Å². The molecule has 0 bridgehead atoms. The Kier molecular flexibility index (Phi) is 4.28. The van der Waals surface area contributed by atoms with E-state index in [1.807, 2.05) is 4.90 Å². The van der Waals surface area contributed by atoms with Gasteiger partial charge in [0.15, 0.2) is 5.17 Å². The maximum Gasteiger partial charge on any atom is 0.233 e. The Balaban J connectivity index is 1.45. The lowest BCUT2D eigenvalue weighted by Crippen LogP contribution is -2.42. The van der Waals surface area contributed by atoms with Crippen molar-refractivity contribution in [1.82, 2.24) is 10.2 Å². The second-order valence-corrected chi connectivity index (χ2v) is 6.28. The molecule has 6 heteroatoms. The van der Waals surface area contributed by atoms with E-state index >= 15 is 0 Å². The zero-order valence-corrected chi connectivity index (χ0v) is 12.0. The summed E-state index contributed by atoms with van der Waals surface area (Å²) in [5.74, 6) is 0.693. The van der Waals surface area contributed by atoms with E-state index in [1.165, 1.54) is 25.7 Å². The predicted octanol–water partition coefficient (Wildman–Crippen LogP) is 0.849. The number of aliphatic imine (C=N–C) groups is 1. The van der Waals surface area contributed by atoms with Crippen molar-refractivity contribution in [3.8, 4) is 0 Å². The van der Waals surface area contributed by atoms with Crippen LogP contribution in [-0.4, -0.2) is 60.1 Å². The number of thioether (sulfide) groups is 1. The number of ether oxygens (including phenoxy) is 1. The van der Waals surface area contributed by atoms with Gasteiger partial charge in [-0.25, -0.2) is 0 Å². The molecule has 5 nitrogen and oxygen atoms in total. The van der Waals surface area contributed by atoms with Gasteiger partial charge in [0, 0.05) is 13.1 Å². The molecule has 1 saturated heterocycles. The molecule has 1 N–H and O–H groups in total. The summed E-state index contributed by atoms with van der Waals surface area (Å²) in [7, 11) is 0. The number of morpholine rings is 1. The highest BCUT2D eigenvalue weighted by molar-refractivity contribution is 8.14. The van der Waals surface area contributed by atoms with Crippen LogP contribution in [-0.2, 0) is 9.53 Å². The van der Waals surface area contributed by atoms with Crippen LogP contribution in [0.2, 0.25) is 0 Å². The van der Waals surface area contributed by atoms with Crippen LogP contribution in [0.1, 0.15) is 25.7 Å². The molecule has 3 aliphatic rings. The van der Waals surface area contributed by atoms with Crippen LogP contribution in [0.15, 0.2) is 4.99 Å². The van der Waals surface area contributed by atoms with E-state index in [4.69, 9.17) is 9.73 Å². The summed E-state index contributed by atoms with van der Waals surface area (Å²) in [4.78, 5) is 18.6. The summed E-state index contributed by atoms with van der Waals surface area (Å²) < 4.78 is 5.26. The van der Waals surface area contributed by atoms with Gasteiger partial charge in [0.25, 0.3) is 0 Å². The van der Waals surface area contributed by atoms with Crippen LogP contribution in [0.4, 0.5) is 0 Å². The number of fused-ring (bicyclic) bond motifs is 1. The molecular weight excluding hydrogens is 262 g/mol. The van der Waals surface area contributed by atoms with Gasteiger partial charge in [0.05, 0.1) is 31.1 Å². The van der Waals surface area contributed by atoms with E-state index in [1.54, 1.807) is 11.8 Å².